The first-order chi connectivity index (χ1) is 5.33. The molecule has 11 heavy (non-hydrogen) atoms. The van der Waals surface area contributed by atoms with Crippen LogP contribution in [0.5, 0.6) is 0 Å². The zero-order valence-corrected chi connectivity index (χ0v) is 6.83. The lowest BCUT2D eigenvalue weighted by Gasteiger charge is -1.92. The first kappa shape index (κ1) is 7.74. The number of aromatic nitrogens is 1. The van der Waals surface area contributed by atoms with Gasteiger partial charge in [0.15, 0.2) is 0 Å². The van der Waals surface area contributed by atoms with Gasteiger partial charge >= 0.3 is 0 Å². The molecular weight excluding hydrogens is 136 g/mol. The molecule has 0 saturated heterocycles. The summed E-state index contributed by atoms with van der Waals surface area (Å²) in [4.78, 5) is 7.84. The second-order valence-corrected chi connectivity index (χ2v) is 2.43. The number of hydrogen-bond donors (Lipinski definition) is 0. The van der Waals surface area contributed by atoms with Crippen LogP contribution in [0.3, 0.4) is 0 Å². The van der Waals surface area contributed by atoms with Crippen LogP contribution in [0.25, 0.3) is 4.85 Å². The summed E-state index contributed by atoms with van der Waals surface area (Å²) in [7, 11) is 1.73. The molecule has 56 valence electrons. The maximum atomic E-state index is 4.06. The van der Waals surface area contributed by atoms with Crippen LogP contribution in [0.15, 0.2) is 18.5 Å². The number of aryl methyl sites for hydroxylation is 1. The van der Waals surface area contributed by atoms with Gasteiger partial charge in [0.25, 0.3) is 13.1 Å². The first-order valence-electron chi connectivity index (χ1n) is 3.55. The second-order valence-electron chi connectivity index (χ2n) is 2.43. The predicted molar refractivity (Wildman–Crippen MR) is 45.8 cm³/mol. The van der Waals surface area contributed by atoms with Gasteiger partial charge in [-0.05, 0) is 18.1 Å². The number of pyridine rings is 1. The molecule has 0 aliphatic carbocycles. The Morgan fingerprint density at radius 2 is 2.36 bits per heavy atom. The Hall–Kier alpha value is -1.36. The maximum absolute atomic E-state index is 4.06. The van der Waals surface area contributed by atoms with E-state index in [9.17, 15) is 0 Å². The normalized spacial score (nSPS) is 8.55. The van der Waals surface area contributed by atoms with E-state index < -0.39 is 0 Å². The van der Waals surface area contributed by atoms with Crippen molar-refractivity contribution in [2.45, 2.75) is 13.3 Å². The van der Waals surface area contributed by atoms with E-state index in [-0.39, 0.29) is 0 Å². The molecule has 0 amide bonds. The van der Waals surface area contributed by atoms with E-state index in [2.05, 4.69) is 22.0 Å². The minimum absolute atomic E-state index is 0.755. The topological polar surface area (TPSA) is 17.2 Å². The van der Waals surface area contributed by atoms with Crippen molar-refractivity contribution in [2.75, 3.05) is 7.05 Å². The Morgan fingerprint density at radius 1 is 1.55 bits per heavy atom. The molecule has 0 saturated carbocycles. The van der Waals surface area contributed by atoms with Gasteiger partial charge in [-0.1, -0.05) is 10.9 Å². The molecule has 0 atom stereocenters. The molecule has 0 aromatic carbocycles. The van der Waals surface area contributed by atoms with Gasteiger partial charge < -0.3 is 0 Å². The molecule has 0 aliphatic heterocycles. The van der Waals surface area contributed by atoms with Crippen molar-refractivity contribution in [1.29, 1.82) is 0 Å². The summed E-state index contributed by atoms with van der Waals surface area (Å²) in [5.74, 6) is 0. The molecule has 0 aliphatic rings. The van der Waals surface area contributed by atoms with Gasteiger partial charge in [0.05, 0.1) is 0 Å². The van der Waals surface area contributed by atoms with Gasteiger partial charge in [-0.2, -0.15) is 0 Å². The van der Waals surface area contributed by atoms with E-state index in [1.165, 1.54) is 5.56 Å². The number of nitrogens with zero attached hydrogens (tertiary/aromatic N) is 2. The molecule has 2 nitrogen and oxygen atoms in total. The molecule has 1 aromatic heterocycles. The largest absolute Gasteiger partial charge is 0.277 e. The SMILES string of the molecule is C[N+]#CCc1cncc(C)c1. The van der Waals surface area contributed by atoms with Gasteiger partial charge in [-0.3, -0.25) is 4.98 Å². The lowest BCUT2D eigenvalue weighted by atomic mass is 10.2. The molecule has 2 heteroatoms. The Bertz CT molecular complexity index is 294. The van der Waals surface area contributed by atoms with E-state index in [4.69, 9.17) is 0 Å². The third-order valence-electron chi connectivity index (χ3n) is 1.37. The third-order valence-corrected chi connectivity index (χ3v) is 1.37. The first-order valence-corrected chi connectivity index (χ1v) is 3.55. The summed E-state index contributed by atoms with van der Waals surface area (Å²) in [6.45, 7) is 2.03. The van der Waals surface area contributed by atoms with E-state index in [1.807, 2.05) is 19.3 Å². The highest BCUT2D eigenvalue weighted by Gasteiger charge is 1.93. The molecule has 1 heterocycles. The van der Waals surface area contributed by atoms with Crippen LogP contribution in [0, 0.1) is 13.0 Å². The van der Waals surface area contributed by atoms with Crippen molar-refractivity contribution in [3.8, 4) is 6.07 Å². The van der Waals surface area contributed by atoms with Crippen LogP contribution < -0.4 is 0 Å². The Morgan fingerprint density at radius 3 is 3.00 bits per heavy atom. The van der Waals surface area contributed by atoms with Gasteiger partial charge in [-0.15, -0.1) is 0 Å². The molecule has 1 aromatic rings. The van der Waals surface area contributed by atoms with Crippen LogP contribution in [-0.4, -0.2) is 12.0 Å². The fraction of sp³-hybridized carbons (Fsp3) is 0.333. The highest BCUT2D eigenvalue weighted by molar-refractivity contribution is 5.20. The Kier molecular flexibility index (Phi) is 2.62. The summed E-state index contributed by atoms with van der Waals surface area (Å²) < 4.78 is 0. The highest BCUT2D eigenvalue weighted by atomic mass is 14.6. The molecular formula is C9H11N2+. The second kappa shape index (κ2) is 3.72. The summed E-state index contributed by atoms with van der Waals surface area (Å²) in [5, 5.41) is 0. The highest BCUT2D eigenvalue weighted by Crippen LogP contribution is 2.00. The maximum Gasteiger partial charge on any atom is 0.277 e. The summed E-state index contributed by atoms with van der Waals surface area (Å²) >= 11 is 0. The van der Waals surface area contributed by atoms with Crippen molar-refractivity contribution in [2.24, 2.45) is 0 Å². The summed E-state index contributed by atoms with van der Waals surface area (Å²) in [5.41, 5.74) is 2.34. The zero-order chi connectivity index (χ0) is 8.10. The monoisotopic (exact) mass is 147 g/mol. The molecule has 0 spiro atoms. The third kappa shape index (κ3) is 2.38. The van der Waals surface area contributed by atoms with Gasteiger partial charge in [0, 0.05) is 12.4 Å². The van der Waals surface area contributed by atoms with E-state index in [1.54, 1.807) is 7.05 Å². The molecule has 0 unspecified atom stereocenters. The van der Waals surface area contributed by atoms with Crippen molar-refractivity contribution >= 4 is 0 Å². The van der Waals surface area contributed by atoms with Gasteiger partial charge in [0.2, 0.25) is 0 Å². The lowest BCUT2D eigenvalue weighted by Crippen LogP contribution is -1.84. The average Bonchev–Trinajstić information content (AvgIpc) is 2.01. The molecule has 0 bridgehead atoms. The lowest BCUT2D eigenvalue weighted by molar-refractivity contribution is 1.18. The van der Waals surface area contributed by atoms with E-state index >= 15 is 0 Å². The van der Waals surface area contributed by atoms with Crippen molar-refractivity contribution in [1.82, 2.24) is 4.98 Å². The van der Waals surface area contributed by atoms with Crippen molar-refractivity contribution in [3.63, 3.8) is 0 Å². The number of rotatable bonds is 1. The van der Waals surface area contributed by atoms with Crippen molar-refractivity contribution in [3.05, 3.63) is 34.4 Å². The molecule has 1 rings (SSSR count). The minimum Gasteiger partial charge on any atom is -0.264 e. The predicted octanol–water partition coefficient (Wildman–Crippen LogP) is 1.90. The van der Waals surface area contributed by atoms with Crippen LogP contribution >= 0.6 is 0 Å². The smallest absolute Gasteiger partial charge is 0.264 e. The Balaban J connectivity index is 2.76. The van der Waals surface area contributed by atoms with Crippen LogP contribution in [0.2, 0.25) is 0 Å². The number of hydrogen-bond acceptors (Lipinski definition) is 1. The van der Waals surface area contributed by atoms with E-state index in [0.29, 0.717) is 0 Å². The zero-order valence-electron chi connectivity index (χ0n) is 6.83. The van der Waals surface area contributed by atoms with Gasteiger partial charge in [0.1, 0.15) is 6.42 Å². The summed E-state index contributed by atoms with van der Waals surface area (Å²) in [6, 6.07) is 4.97. The molecule has 0 radical (unpaired) electrons. The fourth-order valence-corrected chi connectivity index (χ4v) is 0.885. The quantitative estimate of drug-likeness (QED) is 0.593. The van der Waals surface area contributed by atoms with Crippen LogP contribution in [0.4, 0.5) is 0 Å². The average molecular weight is 147 g/mol. The molecule has 0 N–H and O–H groups in total. The Labute approximate surface area is 66.7 Å². The van der Waals surface area contributed by atoms with Crippen molar-refractivity contribution < 1.29 is 0 Å². The standard InChI is InChI=1S/C9H11N2/c1-8-5-9(3-4-10-2)7-11-6-8/h5-7H,3H2,1-2H3/q+1. The van der Waals surface area contributed by atoms with Crippen LogP contribution in [-0.2, 0) is 6.42 Å². The summed E-state index contributed by atoms with van der Waals surface area (Å²) in [6.07, 6.45) is 4.43. The van der Waals surface area contributed by atoms with E-state index in [0.717, 1.165) is 12.0 Å². The fourth-order valence-electron chi connectivity index (χ4n) is 0.885. The minimum atomic E-state index is 0.755. The van der Waals surface area contributed by atoms with Gasteiger partial charge in [-0.25, -0.2) is 0 Å². The molecule has 0 fully saturated rings. The van der Waals surface area contributed by atoms with Crippen LogP contribution in [0.1, 0.15) is 11.1 Å².